The number of amides is 2. The van der Waals surface area contributed by atoms with E-state index in [1.54, 1.807) is 36.9 Å². The highest BCUT2D eigenvalue weighted by Gasteiger charge is 2.43. The molecule has 2 aliphatic carbocycles. The van der Waals surface area contributed by atoms with Crippen LogP contribution in [-0.2, 0) is 11.3 Å². The minimum absolute atomic E-state index is 0.0228. The summed E-state index contributed by atoms with van der Waals surface area (Å²) >= 11 is 0. The first-order valence-corrected chi connectivity index (χ1v) is 15.1. The van der Waals surface area contributed by atoms with E-state index < -0.39 is 17.8 Å². The lowest BCUT2D eigenvalue weighted by molar-refractivity contribution is -0.120. The summed E-state index contributed by atoms with van der Waals surface area (Å²) in [5.74, 6) is -0.957. The Labute approximate surface area is 240 Å². The number of hydrogen-bond donors (Lipinski definition) is 2. The van der Waals surface area contributed by atoms with Crippen LogP contribution in [0.2, 0.25) is 0 Å². The van der Waals surface area contributed by atoms with Crippen molar-refractivity contribution in [3.8, 4) is 11.1 Å². The van der Waals surface area contributed by atoms with Gasteiger partial charge in [0.05, 0.1) is 23.4 Å². The van der Waals surface area contributed by atoms with Crippen molar-refractivity contribution in [1.82, 2.24) is 19.9 Å². The fourth-order valence-corrected chi connectivity index (χ4v) is 7.39. The summed E-state index contributed by atoms with van der Waals surface area (Å²) in [7, 11) is 0. The standard InChI is InChI=1S/C31H41FN6O3/c1-4-38-28(30(33)39)23(17-34-38)27(26(20-11-7-5-8-12-20)21-13-9-6-10-14-21)31(40)36-24-16-15-22(29(32)35-24)25-18(2)37-41-19(25)3/h15-17,20-21,26-27H,4-14H2,1-3H3,(H2,33,39)(H,35,36,40)/t27-/m1/s1. The minimum atomic E-state index is -0.721. The number of hydrogen-bond acceptors (Lipinski definition) is 6. The second kappa shape index (κ2) is 12.5. The van der Waals surface area contributed by atoms with Gasteiger partial charge in [-0.15, -0.1) is 0 Å². The van der Waals surface area contributed by atoms with Gasteiger partial charge in [-0.25, -0.2) is 4.98 Å². The van der Waals surface area contributed by atoms with Crippen LogP contribution in [-0.4, -0.2) is 31.7 Å². The van der Waals surface area contributed by atoms with Gasteiger partial charge in [0.15, 0.2) is 0 Å². The first-order valence-electron chi connectivity index (χ1n) is 15.1. The van der Waals surface area contributed by atoms with Gasteiger partial charge in [0.1, 0.15) is 17.3 Å². The van der Waals surface area contributed by atoms with Crippen molar-refractivity contribution < 1.29 is 18.5 Å². The zero-order valence-electron chi connectivity index (χ0n) is 24.3. The van der Waals surface area contributed by atoms with E-state index in [1.807, 2.05) is 6.92 Å². The van der Waals surface area contributed by atoms with Crippen LogP contribution < -0.4 is 11.1 Å². The largest absolute Gasteiger partial charge is 0.364 e. The smallest absolute Gasteiger partial charge is 0.267 e. The summed E-state index contributed by atoms with van der Waals surface area (Å²) in [4.78, 5) is 31.2. The van der Waals surface area contributed by atoms with E-state index in [0.717, 1.165) is 51.4 Å². The fraction of sp³-hybridized carbons (Fsp3) is 0.581. The quantitative estimate of drug-likeness (QED) is 0.293. The Hall–Kier alpha value is -3.56. The Bertz CT molecular complexity index is 1350. The molecule has 0 aromatic carbocycles. The van der Waals surface area contributed by atoms with Crippen LogP contribution in [0.1, 0.15) is 105 Å². The molecule has 2 amide bonds. The van der Waals surface area contributed by atoms with Gasteiger partial charge in [-0.05, 0) is 50.7 Å². The molecule has 2 saturated carbocycles. The van der Waals surface area contributed by atoms with Gasteiger partial charge < -0.3 is 15.6 Å². The van der Waals surface area contributed by atoms with Gasteiger partial charge in [0.2, 0.25) is 11.9 Å². The molecular weight excluding hydrogens is 523 g/mol. The highest BCUT2D eigenvalue weighted by atomic mass is 19.1. The Morgan fingerprint density at radius 1 is 1.07 bits per heavy atom. The molecule has 0 saturated heterocycles. The lowest BCUT2D eigenvalue weighted by Crippen LogP contribution is -2.39. The van der Waals surface area contributed by atoms with Gasteiger partial charge >= 0.3 is 0 Å². The van der Waals surface area contributed by atoms with Gasteiger partial charge in [-0.1, -0.05) is 69.4 Å². The first kappa shape index (κ1) is 29.0. The Balaban J connectivity index is 1.55. The highest BCUT2D eigenvalue weighted by molar-refractivity contribution is 5.99. The maximum absolute atomic E-state index is 15.3. The third-order valence-electron chi connectivity index (χ3n) is 9.19. The van der Waals surface area contributed by atoms with Crippen molar-refractivity contribution in [2.24, 2.45) is 23.5 Å². The Morgan fingerprint density at radius 2 is 1.71 bits per heavy atom. The topological polar surface area (TPSA) is 129 Å². The second-order valence-electron chi connectivity index (χ2n) is 11.7. The van der Waals surface area contributed by atoms with Crippen LogP contribution >= 0.6 is 0 Å². The number of aryl methyl sites for hydroxylation is 3. The lowest BCUT2D eigenvalue weighted by atomic mass is 9.63. The van der Waals surface area contributed by atoms with Gasteiger partial charge in [0.25, 0.3) is 5.91 Å². The molecule has 3 heterocycles. The minimum Gasteiger partial charge on any atom is -0.364 e. The zero-order chi connectivity index (χ0) is 29.1. The summed E-state index contributed by atoms with van der Waals surface area (Å²) < 4.78 is 22.1. The normalized spacial score (nSPS) is 17.6. The van der Waals surface area contributed by atoms with Crippen LogP contribution in [0.25, 0.3) is 11.1 Å². The van der Waals surface area contributed by atoms with Crippen molar-refractivity contribution in [1.29, 1.82) is 0 Å². The number of nitrogens with two attached hydrogens (primary N) is 1. The average molecular weight is 565 g/mol. The van der Waals surface area contributed by atoms with Crippen molar-refractivity contribution in [3.63, 3.8) is 0 Å². The summed E-state index contributed by atoms with van der Waals surface area (Å²) in [6.45, 7) is 5.82. The van der Waals surface area contributed by atoms with Gasteiger partial charge in [-0.3, -0.25) is 14.3 Å². The molecule has 0 radical (unpaired) electrons. The number of primary amides is 1. The number of aromatic nitrogens is 4. The predicted octanol–water partition coefficient (Wildman–Crippen LogP) is 6.31. The summed E-state index contributed by atoms with van der Waals surface area (Å²) in [6.07, 6.45) is 12.8. The van der Waals surface area contributed by atoms with Gasteiger partial charge in [-0.2, -0.15) is 9.49 Å². The molecule has 0 bridgehead atoms. The van der Waals surface area contributed by atoms with Gasteiger partial charge in [0, 0.05) is 17.7 Å². The van der Waals surface area contributed by atoms with Crippen molar-refractivity contribution >= 4 is 17.6 Å². The van der Waals surface area contributed by atoms with Crippen LogP contribution in [0, 0.1) is 37.5 Å². The molecule has 41 heavy (non-hydrogen) atoms. The first-order chi connectivity index (χ1) is 19.8. The maximum Gasteiger partial charge on any atom is 0.267 e. The number of nitrogens with one attached hydrogen (secondary N) is 1. The van der Waals surface area contributed by atoms with E-state index in [1.165, 1.54) is 12.8 Å². The number of halogens is 1. The number of rotatable bonds is 9. The number of pyridine rings is 1. The maximum atomic E-state index is 15.3. The number of carbonyl (C=O) groups is 2. The Kier molecular flexibility index (Phi) is 8.85. The molecule has 9 nitrogen and oxygen atoms in total. The van der Waals surface area contributed by atoms with Crippen LogP contribution in [0.4, 0.5) is 10.2 Å². The molecule has 0 aliphatic heterocycles. The molecule has 3 aromatic heterocycles. The molecule has 1 atom stereocenters. The van der Waals surface area contributed by atoms with Crippen molar-refractivity contribution in [2.75, 3.05) is 5.32 Å². The van der Waals surface area contributed by atoms with E-state index in [9.17, 15) is 9.59 Å². The number of carbonyl (C=O) groups excluding carboxylic acids is 2. The van der Waals surface area contributed by atoms with Crippen molar-refractivity contribution in [3.05, 3.63) is 47.0 Å². The number of anilines is 1. The van der Waals surface area contributed by atoms with E-state index in [4.69, 9.17) is 10.3 Å². The third-order valence-corrected chi connectivity index (χ3v) is 9.19. The summed E-state index contributed by atoms with van der Waals surface area (Å²) in [6, 6.07) is 3.18. The molecule has 0 spiro atoms. The van der Waals surface area contributed by atoms with Crippen LogP contribution in [0.3, 0.4) is 0 Å². The van der Waals surface area contributed by atoms with E-state index >= 15 is 4.39 Å². The molecule has 220 valence electrons. The summed E-state index contributed by atoms with van der Waals surface area (Å²) in [5.41, 5.74) is 8.10. The molecule has 2 fully saturated rings. The van der Waals surface area contributed by atoms with Crippen molar-refractivity contribution in [2.45, 2.75) is 97.4 Å². The molecular formula is C31H41FN6O3. The van der Waals surface area contributed by atoms with E-state index in [2.05, 4.69) is 20.6 Å². The SMILES string of the molecule is CCn1ncc([C@@H](C(=O)Nc2ccc(-c3c(C)noc3C)c(F)n2)C(C2CCCCC2)C2CCCCC2)c1C(N)=O. The molecule has 2 aliphatic rings. The molecule has 3 aromatic rings. The third kappa shape index (κ3) is 5.92. The molecule has 10 heteroatoms. The van der Waals surface area contributed by atoms with E-state index in [-0.39, 0.29) is 28.9 Å². The second-order valence-corrected chi connectivity index (χ2v) is 11.7. The number of nitrogens with zero attached hydrogens (tertiary/aromatic N) is 4. The van der Waals surface area contributed by atoms with Crippen LogP contribution in [0.5, 0.6) is 0 Å². The molecule has 3 N–H and O–H groups in total. The summed E-state index contributed by atoms with van der Waals surface area (Å²) in [5, 5.41) is 11.3. The van der Waals surface area contributed by atoms with Crippen LogP contribution in [0.15, 0.2) is 22.9 Å². The average Bonchev–Trinajstić information content (AvgIpc) is 3.55. The fourth-order valence-electron chi connectivity index (χ4n) is 7.39. The highest BCUT2D eigenvalue weighted by Crippen LogP contribution is 2.48. The molecule has 0 unspecified atom stereocenters. The zero-order valence-corrected chi connectivity index (χ0v) is 24.3. The Morgan fingerprint density at radius 3 is 2.22 bits per heavy atom. The monoisotopic (exact) mass is 564 g/mol. The lowest BCUT2D eigenvalue weighted by Gasteiger charge is -2.41. The molecule has 5 rings (SSSR count). The predicted molar refractivity (Wildman–Crippen MR) is 154 cm³/mol. The van der Waals surface area contributed by atoms with E-state index in [0.29, 0.717) is 41.0 Å².